The number of aromatic nitrogens is 4. The van der Waals surface area contributed by atoms with Crippen LogP contribution in [0.4, 0.5) is 5.82 Å². The molecule has 1 aromatic carbocycles. The molecule has 166 valence electrons. The lowest BCUT2D eigenvalue weighted by Gasteiger charge is -2.30. The van der Waals surface area contributed by atoms with Crippen LogP contribution in [0.5, 0.6) is 5.75 Å². The number of hydrogen-bond donors (Lipinski definition) is 0. The van der Waals surface area contributed by atoms with Gasteiger partial charge in [-0.25, -0.2) is 9.97 Å². The van der Waals surface area contributed by atoms with Crippen LogP contribution in [0.1, 0.15) is 29.1 Å². The SMILES string of the molecule is COc1cccc(CN2C(=O)CCc3c(C)nc(CN(C)C(=O)Cn4cccn4)nc32)c1. The summed E-state index contributed by atoms with van der Waals surface area (Å²) in [5.74, 6) is 1.79. The molecule has 3 heterocycles. The Bertz CT molecular complexity index is 1130. The van der Waals surface area contributed by atoms with Gasteiger partial charge in [0.05, 0.1) is 20.2 Å². The summed E-state index contributed by atoms with van der Waals surface area (Å²) < 4.78 is 6.89. The van der Waals surface area contributed by atoms with Gasteiger partial charge in [-0.3, -0.25) is 19.2 Å². The molecule has 0 fully saturated rings. The minimum absolute atomic E-state index is 0.0208. The number of rotatable bonds is 7. The van der Waals surface area contributed by atoms with Gasteiger partial charge in [0.15, 0.2) is 0 Å². The van der Waals surface area contributed by atoms with Gasteiger partial charge in [0.1, 0.15) is 23.9 Å². The third kappa shape index (κ3) is 4.61. The van der Waals surface area contributed by atoms with Crippen molar-refractivity contribution >= 4 is 17.6 Å². The van der Waals surface area contributed by atoms with E-state index in [9.17, 15) is 9.59 Å². The van der Waals surface area contributed by atoms with E-state index < -0.39 is 0 Å². The second-order valence-electron chi connectivity index (χ2n) is 7.81. The molecule has 2 aromatic heterocycles. The molecule has 0 radical (unpaired) electrons. The number of carbonyl (C=O) groups excluding carboxylic acids is 2. The summed E-state index contributed by atoms with van der Waals surface area (Å²) in [7, 11) is 3.33. The van der Waals surface area contributed by atoms with Gasteiger partial charge in [-0.15, -0.1) is 0 Å². The summed E-state index contributed by atoms with van der Waals surface area (Å²) in [5.41, 5.74) is 2.76. The molecule has 1 aliphatic heterocycles. The first-order valence-corrected chi connectivity index (χ1v) is 10.5. The fourth-order valence-electron chi connectivity index (χ4n) is 3.78. The first kappa shape index (κ1) is 21.5. The van der Waals surface area contributed by atoms with E-state index in [0.29, 0.717) is 31.0 Å². The van der Waals surface area contributed by atoms with Crippen LogP contribution >= 0.6 is 0 Å². The van der Waals surface area contributed by atoms with E-state index >= 15 is 0 Å². The Kier molecular flexibility index (Phi) is 6.16. The van der Waals surface area contributed by atoms with Gasteiger partial charge in [-0.05, 0) is 37.1 Å². The molecular weight excluding hydrogens is 408 g/mol. The maximum Gasteiger partial charge on any atom is 0.244 e. The van der Waals surface area contributed by atoms with Crippen molar-refractivity contribution in [3.63, 3.8) is 0 Å². The van der Waals surface area contributed by atoms with Crippen molar-refractivity contribution in [3.05, 3.63) is 65.4 Å². The highest BCUT2D eigenvalue weighted by Crippen LogP contribution is 2.30. The number of carbonyl (C=O) groups is 2. The standard InChI is InChI=1S/C23H26N6O3/c1-16-19-8-9-21(30)29(13-17-6-4-7-18(12-17)32-3)23(19)26-20(25-16)14-27(2)22(31)15-28-11-5-10-24-28/h4-7,10-12H,8-9,13-15H2,1-3H3. The van der Waals surface area contributed by atoms with Crippen LogP contribution < -0.4 is 9.64 Å². The second-order valence-corrected chi connectivity index (χ2v) is 7.81. The van der Waals surface area contributed by atoms with E-state index in [0.717, 1.165) is 22.6 Å². The molecule has 4 rings (SSSR count). The average molecular weight is 435 g/mol. The highest BCUT2D eigenvalue weighted by atomic mass is 16.5. The van der Waals surface area contributed by atoms with Crippen LogP contribution in [0.25, 0.3) is 0 Å². The topological polar surface area (TPSA) is 93.5 Å². The van der Waals surface area contributed by atoms with Crippen LogP contribution in [0.2, 0.25) is 0 Å². The second kappa shape index (κ2) is 9.17. The van der Waals surface area contributed by atoms with E-state index in [4.69, 9.17) is 9.72 Å². The zero-order valence-electron chi connectivity index (χ0n) is 18.5. The number of likely N-dealkylation sites (N-methyl/N-ethyl adjacent to an activating group) is 1. The summed E-state index contributed by atoms with van der Waals surface area (Å²) in [6.45, 7) is 2.71. The van der Waals surface area contributed by atoms with Gasteiger partial charge >= 0.3 is 0 Å². The zero-order chi connectivity index (χ0) is 22.7. The molecule has 3 aromatic rings. The quantitative estimate of drug-likeness (QED) is 0.566. The molecule has 0 spiro atoms. The number of anilines is 1. The largest absolute Gasteiger partial charge is 0.497 e. The Balaban J connectivity index is 1.57. The molecule has 1 aliphatic rings. The van der Waals surface area contributed by atoms with E-state index in [2.05, 4.69) is 10.1 Å². The molecule has 2 amide bonds. The van der Waals surface area contributed by atoms with Gasteiger partial charge in [0, 0.05) is 37.1 Å². The van der Waals surface area contributed by atoms with Crippen molar-refractivity contribution in [3.8, 4) is 5.75 Å². The zero-order valence-corrected chi connectivity index (χ0v) is 18.5. The van der Waals surface area contributed by atoms with Crippen molar-refractivity contribution in [1.82, 2.24) is 24.6 Å². The van der Waals surface area contributed by atoms with Gasteiger partial charge < -0.3 is 9.64 Å². The van der Waals surface area contributed by atoms with E-state index in [1.807, 2.05) is 31.2 Å². The third-order valence-electron chi connectivity index (χ3n) is 5.52. The molecule has 0 atom stereocenters. The number of aryl methyl sites for hydroxylation is 1. The molecular formula is C23H26N6O3. The van der Waals surface area contributed by atoms with E-state index in [-0.39, 0.29) is 24.9 Å². The Labute approximate surface area is 186 Å². The summed E-state index contributed by atoms with van der Waals surface area (Å²) in [4.78, 5) is 37.9. The van der Waals surface area contributed by atoms with Crippen molar-refractivity contribution in [2.45, 2.75) is 39.4 Å². The van der Waals surface area contributed by atoms with Crippen LogP contribution in [0.15, 0.2) is 42.7 Å². The number of hydrogen-bond acceptors (Lipinski definition) is 6. The lowest BCUT2D eigenvalue weighted by molar-refractivity contribution is -0.131. The molecule has 0 N–H and O–H groups in total. The number of fused-ring (bicyclic) bond motifs is 1. The Morgan fingerprint density at radius 2 is 2.06 bits per heavy atom. The molecule has 0 saturated carbocycles. The number of nitrogens with zero attached hydrogens (tertiary/aromatic N) is 6. The minimum atomic E-state index is -0.100. The monoisotopic (exact) mass is 434 g/mol. The van der Waals surface area contributed by atoms with Crippen molar-refractivity contribution in [1.29, 1.82) is 0 Å². The van der Waals surface area contributed by atoms with Crippen LogP contribution in [-0.2, 0) is 35.6 Å². The van der Waals surface area contributed by atoms with Crippen molar-refractivity contribution in [2.24, 2.45) is 0 Å². The molecule has 0 aliphatic carbocycles. The van der Waals surface area contributed by atoms with E-state index in [1.165, 1.54) is 0 Å². The normalized spacial score (nSPS) is 13.1. The Morgan fingerprint density at radius 1 is 1.22 bits per heavy atom. The van der Waals surface area contributed by atoms with Crippen molar-refractivity contribution < 1.29 is 14.3 Å². The fraction of sp³-hybridized carbons (Fsp3) is 0.348. The lowest BCUT2D eigenvalue weighted by atomic mass is 10.0. The van der Waals surface area contributed by atoms with Crippen LogP contribution in [0.3, 0.4) is 0 Å². The number of ether oxygens (including phenoxy) is 1. The van der Waals surface area contributed by atoms with E-state index in [1.54, 1.807) is 47.1 Å². The highest BCUT2D eigenvalue weighted by molar-refractivity contribution is 5.95. The van der Waals surface area contributed by atoms with Gasteiger partial charge in [-0.2, -0.15) is 5.10 Å². The minimum Gasteiger partial charge on any atom is -0.497 e. The Hall–Kier alpha value is -3.75. The molecule has 9 heteroatoms. The van der Waals surface area contributed by atoms with Gasteiger partial charge in [-0.1, -0.05) is 12.1 Å². The average Bonchev–Trinajstić information content (AvgIpc) is 3.29. The number of benzene rings is 1. The first-order valence-electron chi connectivity index (χ1n) is 10.5. The smallest absolute Gasteiger partial charge is 0.244 e. The molecule has 0 saturated heterocycles. The molecule has 0 bridgehead atoms. The fourth-order valence-corrected chi connectivity index (χ4v) is 3.78. The maximum absolute atomic E-state index is 12.8. The third-order valence-corrected chi connectivity index (χ3v) is 5.52. The predicted octanol–water partition coefficient (Wildman–Crippen LogP) is 2.13. The predicted molar refractivity (Wildman–Crippen MR) is 118 cm³/mol. The maximum atomic E-state index is 12.8. The number of amides is 2. The Morgan fingerprint density at radius 3 is 2.81 bits per heavy atom. The van der Waals surface area contributed by atoms with Gasteiger partial charge in [0.2, 0.25) is 11.8 Å². The van der Waals surface area contributed by atoms with Crippen molar-refractivity contribution in [2.75, 3.05) is 19.1 Å². The molecule has 9 nitrogen and oxygen atoms in total. The molecule has 0 unspecified atom stereocenters. The molecule has 32 heavy (non-hydrogen) atoms. The highest BCUT2D eigenvalue weighted by Gasteiger charge is 2.28. The summed E-state index contributed by atoms with van der Waals surface area (Å²) in [6, 6.07) is 9.42. The lowest BCUT2D eigenvalue weighted by Crippen LogP contribution is -2.37. The summed E-state index contributed by atoms with van der Waals surface area (Å²) in [5, 5.41) is 4.07. The van der Waals surface area contributed by atoms with Crippen LogP contribution in [0, 0.1) is 6.92 Å². The first-order chi connectivity index (χ1) is 15.4. The summed E-state index contributed by atoms with van der Waals surface area (Å²) in [6.07, 6.45) is 4.41. The van der Waals surface area contributed by atoms with Gasteiger partial charge in [0.25, 0.3) is 0 Å². The summed E-state index contributed by atoms with van der Waals surface area (Å²) >= 11 is 0. The number of methoxy groups -OCH3 is 1. The van der Waals surface area contributed by atoms with Crippen LogP contribution in [-0.4, -0.2) is 50.6 Å².